The van der Waals surface area contributed by atoms with Gasteiger partial charge in [-0.1, -0.05) is 19.9 Å². The first-order valence-electron chi connectivity index (χ1n) is 6.65. The average molecular weight is 264 g/mol. The molecule has 0 aliphatic carbocycles. The van der Waals surface area contributed by atoms with E-state index in [1.165, 1.54) is 11.1 Å². The van der Waals surface area contributed by atoms with Crippen LogP contribution in [0.15, 0.2) is 18.2 Å². The number of hydrogen-bond donors (Lipinski definition) is 2. The zero-order chi connectivity index (χ0) is 14.4. The third-order valence-corrected chi connectivity index (χ3v) is 2.75. The second-order valence-electron chi connectivity index (χ2n) is 5.24. The van der Waals surface area contributed by atoms with E-state index >= 15 is 0 Å². The molecule has 0 radical (unpaired) electrons. The molecule has 0 aliphatic rings. The molecule has 0 spiro atoms. The van der Waals surface area contributed by atoms with E-state index < -0.39 is 0 Å². The highest BCUT2D eigenvalue weighted by atomic mass is 16.5. The van der Waals surface area contributed by atoms with Crippen LogP contribution in [-0.4, -0.2) is 24.6 Å². The summed E-state index contributed by atoms with van der Waals surface area (Å²) >= 11 is 0. The third kappa shape index (κ3) is 5.75. The number of benzene rings is 1. The van der Waals surface area contributed by atoms with E-state index in [1.54, 1.807) is 0 Å². The van der Waals surface area contributed by atoms with Gasteiger partial charge in [-0.05, 0) is 37.1 Å². The normalized spacial score (nSPS) is 12.5. The van der Waals surface area contributed by atoms with Gasteiger partial charge in [0.05, 0.1) is 12.6 Å². The molecule has 19 heavy (non-hydrogen) atoms. The summed E-state index contributed by atoms with van der Waals surface area (Å²) in [6.07, 6.45) is 0.570. The summed E-state index contributed by atoms with van der Waals surface area (Å²) in [6.45, 7) is 8.51. The summed E-state index contributed by atoms with van der Waals surface area (Å²) < 4.78 is 5.68. The SMILES string of the molecule is Cc1cc(C)cc(OCCC(NC(C)C)C(N)=O)c1. The summed E-state index contributed by atoms with van der Waals surface area (Å²) in [5, 5.41) is 3.13. The van der Waals surface area contributed by atoms with Crippen molar-refractivity contribution in [2.24, 2.45) is 5.73 Å². The van der Waals surface area contributed by atoms with E-state index in [4.69, 9.17) is 10.5 Å². The third-order valence-electron chi connectivity index (χ3n) is 2.75. The molecule has 1 rings (SSSR count). The summed E-state index contributed by atoms with van der Waals surface area (Å²) in [7, 11) is 0. The minimum atomic E-state index is -0.342. The first-order chi connectivity index (χ1) is 8.88. The van der Waals surface area contributed by atoms with Crippen LogP contribution in [0.25, 0.3) is 0 Å². The predicted octanol–water partition coefficient (Wildman–Crippen LogP) is 1.92. The van der Waals surface area contributed by atoms with Crippen LogP contribution < -0.4 is 15.8 Å². The van der Waals surface area contributed by atoms with Gasteiger partial charge < -0.3 is 15.8 Å². The highest BCUT2D eigenvalue weighted by Crippen LogP contribution is 2.16. The van der Waals surface area contributed by atoms with Gasteiger partial charge in [0, 0.05) is 12.5 Å². The molecule has 4 heteroatoms. The highest BCUT2D eigenvalue weighted by Gasteiger charge is 2.15. The van der Waals surface area contributed by atoms with E-state index in [9.17, 15) is 4.79 Å². The van der Waals surface area contributed by atoms with Gasteiger partial charge in [0.2, 0.25) is 5.91 Å². The zero-order valence-electron chi connectivity index (χ0n) is 12.2. The van der Waals surface area contributed by atoms with Crippen molar-refractivity contribution in [3.05, 3.63) is 29.3 Å². The van der Waals surface area contributed by atoms with E-state index in [1.807, 2.05) is 39.8 Å². The Kier molecular flexibility index (Phi) is 5.83. The van der Waals surface area contributed by atoms with Gasteiger partial charge in [-0.15, -0.1) is 0 Å². The molecule has 0 saturated carbocycles. The van der Waals surface area contributed by atoms with E-state index in [2.05, 4.69) is 11.4 Å². The Bertz CT molecular complexity index is 410. The molecule has 0 saturated heterocycles. The van der Waals surface area contributed by atoms with Crippen LogP contribution >= 0.6 is 0 Å². The number of nitrogens with one attached hydrogen (secondary N) is 1. The Morgan fingerprint density at radius 1 is 1.26 bits per heavy atom. The molecule has 0 aliphatic heterocycles. The largest absolute Gasteiger partial charge is 0.494 e. The number of carbonyl (C=O) groups is 1. The van der Waals surface area contributed by atoms with Gasteiger partial charge in [-0.25, -0.2) is 0 Å². The molecule has 0 fully saturated rings. The van der Waals surface area contributed by atoms with Crippen molar-refractivity contribution in [1.29, 1.82) is 0 Å². The Hall–Kier alpha value is -1.55. The molecule has 1 atom stereocenters. The van der Waals surface area contributed by atoms with Crippen LogP contribution in [0.2, 0.25) is 0 Å². The lowest BCUT2D eigenvalue weighted by atomic mass is 10.1. The lowest BCUT2D eigenvalue weighted by Crippen LogP contribution is -2.45. The molecule has 4 nitrogen and oxygen atoms in total. The number of nitrogens with two attached hydrogens (primary N) is 1. The monoisotopic (exact) mass is 264 g/mol. The summed E-state index contributed by atoms with van der Waals surface area (Å²) in [5.74, 6) is 0.503. The van der Waals surface area contributed by atoms with Gasteiger partial charge >= 0.3 is 0 Å². The summed E-state index contributed by atoms with van der Waals surface area (Å²) in [5.41, 5.74) is 7.69. The van der Waals surface area contributed by atoms with Crippen molar-refractivity contribution in [1.82, 2.24) is 5.32 Å². The number of amides is 1. The van der Waals surface area contributed by atoms with Crippen LogP contribution in [0.4, 0.5) is 0 Å². The predicted molar refractivity (Wildman–Crippen MR) is 77.3 cm³/mol. The van der Waals surface area contributed by atoms with E-state index in [-0.39, 0.29) is 18.0 Å². The maximum Gasteiger partial charge on any atom is 0.234 e. The minimum absolute atomic E-state index is 0.221. The lowest BCUT2D eigenvalue weighted by molar-refractivity contribution is -0.120. The highest BCUT2D eigenvalue weighted by molar-refractivity contribution is 5.79. The van der Waals surface area contributed by atoms with Crippen molar-refractivity contribution in [3.63, 3.8) is 0 Å². The average Bonchev–Trinajstić information content (AvgIpc) is 2.25. The van der Waals surface area contributed by atoms with Crippen molar-refractivity contribution in [2.75, 3.05) is 6.61 Å². The molecule has 1 unspecified atom stereocenters. The number of rotatable bonds is 7. The first-order valence-corrected chi connectivity index (χ1v) is 6.65. The standard InChI is InChI=1S/C15H24N2O2/c1-10(2)17-14(15(16)18)5-6-19-13-8-11(3)7-12(4)9-13/h7-10,14,17H,5-6H2,1-4H3,(H2,16,18). The van der Waals surface area contributed by atoms with E-state index in [0.29, 0.717) is 13.0 Å². The minimum Gasteiger partial charge on any atom is -0.494 e. The second-order valence-corrected chi connectivity index (χ2v) is 5.24. The molecular weight excluding hydrogens is 240 g/mol. The molecule has 1 aromatic carbocycles. The number of carbonyl (C=O) groups excluding carboxylic acids is 1. The fourth-order valence-electron chi connectivity index (χ4n) is 2.02. The molecule has 0 heterocycles. The van der Waals surface area contributed by atoms with Crippen LogP contribution in [0.3, 0.4) is 0 Å². The lowest BCUT2D eigenvalue weighted by Gasteiger charge is -2.18. The summed E-state index contributed by atoms with van der Waals surface area (Å²) in [6, 6.07) is 5.95. The molecule has 1 aromatic rings. The van der Waals surface area contributed by atoms with Crippen LogP contribution in [0.1, 0.15) is 31.4 Å². The van der Waals surface area contributed by atoms with Gasteiger partial charge in [0.15, 0.2) is 0 Å². The Labute approximate surface area is 115 Å². The maximum atomic E-state index is 11.3. The second kappa shape index (κ2) is 7.14. The number of aryl methyl sites for hydroxylation is 2. The quantitative estimate of drug-likeness (QED) is 0.791. The Balaban J connectivity index is 2.49. The number of hydrogen-bond acceptors (Lipinski definition) is 3. The van der Waals surface area contributed by atoms with Gasteiger partial charge in [-0.2, -0.15) is 0 Å². The van der Waals surface area contributed by atoms with Crippen LogP contribution in [-0.2, 0) is 4.79 Å². The fourth-order valence-corrected chi connectivity index (χ4v) is 2.02. The molecule has 0 bridgehead atoms. The van der Waals surface area contributed by atoms with Gasteiger partial charge in [-0.3, -0.25) is 4.79 Å². The summed E-state index contributed by atoms with van der Waals surface area (Å²) in [4.78, 5) is 11.3. The molecular formula is C15H24N2O2. The fraction of sp³-hybridized carbons (Fsp3) is 0.533. The van der Waals surface area contributed by atoms with Gasteiger partial charge in [0.25, 0.3) is 0 Å². The number of primary amides is 1. The molecule has 0 aromatic heterocycles. The molecule has 106 valence electrons. The van der Waals surface area contributed by atoms with Crippen molar-refractivity contribution in [2.45, 2.75) is 46.2 Å². The Morgan fingerprint density at radius 2 is 1.84 bits per heavy atom. The van der Waals surface area contributed by atoms with Crippen LogP contribution in [0.5, 0.6) is 5.75 Å². The maximum absolute atomic E-state index is 11.3. The zero-order valence-corrected chi connectivity index (χ0v) is 12.2. The van der Waals surface area contributed by atoms with Gasteiger partial charge in [0.1, 0.15) is 5.75 Å². The number of ether oxygens (including phenoxy) is 1. The van der Waals surface area contributed by atoms with Crippen molar-refractivity contribution in [3.8, 4) is 5.75 Å². The smallest absolute Gasteiger partial charge is 0.234 e. The Morgan fingerprint density at radius 3 is 2.32 bits per heavy atom. The topological polar surface area (TPSA) is 64.3 Å². The van der Waals surface area contributed by atoms with Crippen molar-refractivity contribution >= 4 is 5.91 Å². The first kappa shape index (κ1) is 15.5. The van der Waals surface area contributed by atoms with Crippen molar-refractivity contribution < 1.29 is 9.53 Å². The molecule has 1 amide bonds. The molecule has 3 N–H and O–H groups in total. The van der Waals surface area contributed by atoms with E-state index in [0.717, 1.165) is 5.75 Å². The van der Waals surface area contributed by atoms with Crippen LogP contribution in [0, 0.1) is 13.8 Å².